The number of halogens is 1. The Morgan fingerprint density at radius 1 is 1.00 bits per heavy atom. The van der Waals surface area contributed by atoms with Crippen LogP contribution in [0.4, 0.5) is 0 Å². The molecule has 0 radical (unpaired) electrons. The van der Waals surface area contributed by atoms with Crippen LogP contribution in [0.25, 0.3) is 0 Å². The number of alkyl halides is 1. The topological polar surface area (TPSA) is 18.5 Å². The molecule has 19 heavy (non-hydrogen) atoms. The first-order valence-corrected chi connectivity index (χ1v) is 7.26. The Bertz CT molecular complexity index is 552. The number of methoxy groups -OCH3 is 1. The van der Waals surface area contributed by atoms with Crippen molar-refractivity contribution < 1.29 is 9.47 Å². The van der Waals surface area contributed by atoms with Crippen molar-refractivity contribution in [1.29, 1.82) is 0 Å². The number of hydrogen-bond acceptors (Lipinski definition) is 2. The van der Waals surface area contributed by atoms with E-state index in [1.807, 2.05) is 24.3 Å². The minimum atomic E-state index is 0.545. The second-order valence-corrected chi connectivity index (χ2v) is 4.96. The highest BCUT2D eigenvalue weighted by atomic mass is 79.9. The summed E-state index contributed by atoms with van der Waals surface area (Å²) in [6.45, 7) is 2.62. The van der Waals surface area contributed by atoms with Gasteiger partial charge in [-0.05, 0) is 30.2 Å². The summed E-state index contributed by atoms with van der Waals surface area (Å²) in [5, 5.41) is 0.803. The molecule has 0 unspecified atom stereocenters. The first-order chi connectivity index (χ1) is 9.22. The third kappa shape index (κ3) is 3.74. The van der Waals surface area contributed by atoms with E-state index in [2.05, 4.69) is 41.1 Å². The second-order valence-electron chi connectivity index (χ2n) is 4.40. The molecule has 0 aliphatic rings. The molecule has 0 atom stereocenters. The van der Waals surface area contributed by atoms with Crippen LogP contribution in [-0.4, -0.2) is 7.11 Å². The lowest BCUT2D eigenvalue weighted by atomic mass is 10.1. The predicted octanol–water partition coefficient (Wildman–Crippen LogP) is 4.48. The van der Waals surface area contributed by atoms with Gasteiger partial charge in [-0.15, -0.1) is 0 Å². The molecule has 0 aliphatic heterocycles. The minimum Gasteiger partial charge on any atom is -0.493 e. The Kier molecular flexibility index (Phi) is 4.86. The molecule has 2 rings (SSSR count). The third-order valence-electron chi connectivity index (χ3n) is 2.86. The Morgan fingerprint density at radius 2 is 1.84 bits per heavy atom. The fourth-order valence-electron chi connectivity index (χ4n) is 1.88. The smallest absolute Gasteiger partial charge is 0.161 e. The molecular weight excluding hydrogens is 304 g/mol. The van der Waals surface area contributed by atoms with Gasteiger partial charge in [0.1, 0.15) is 6.61 Å². The summed E-state index contributed by atoms with van der Waals surface area (Å²) in [4.78, 5) is 0. The van der Waals surface area contributed by atoms with Gasteiger partial charge < -0.3 is 9.47 Å². The molecule has 2 aromatic rings. The van der Waals surface area contributed by atoms with Crippen LogP contribution in [0.1, 0.15) is 16.7 Å². The molecule has 2 nitrogen and oxygen atoms in total. The number of hydrogen-bond donors (Lipinski definition) is 0. The summed E-state index contributed by atoms with van der Waals surface area (Å²) < 4.78 is 11.2. The molecule has 3 heteroatoms. The van der Waals surface area contributed by atoms with Crippen LogP contribution in [0.15, 0.2) is 42.5 Å². The first-order valence-electron chi connectivity index (χ1n) is 6.14. The van der Waals surface area contributed by atoms with Crippen molar-refractivity contribution in [3.05, 3.63) is 59.2 Å². The molecule has 0 spiro atoms. The van der Waals surface area contributed by atoms with Gasteiger partial charge in [0, 0.05) is 5.33 Å². The van der Waals surface area contributed by atoms with Crippen molar-refractivity contribution in [3.63, 3.8) is 0 Å². The normalized spacial score (nSPS) is 10.3. The Balaban J connectivity index is 2.14. The lowest BCUT2D eigenvalue weighted by Gasteiger charge is -2.12. The monoisotopic (exact) mass is 320 g/mol. The Hall–Kier alpha value is -1.48. The maximum atomic E-state index is 5.87. The minimum absolute atomic E-state index is 0.545. The number of ether oxygens (including phenoxy) is 2. The van der Waals surface area contributed by atoms with E-state index in [4.69, 9.17) is 9.47 Å². The highest BCUT2D eigenvalue weighted by Gasteiger charge is 2.06. The molecule has 0 amide bonds. The average molecular weight is 321 g/mol. The molecule has 0 saturated heterocycles. The van der Waals surface area contributed by atoms with E-state index >= 15 is 0 Å². The van der Waals surface area contributed by atoms with E-state index in [-0.39, 0.29) is 0 Å². The lowest BCUT2D eigenvalue weighted by molar-refractivity contribution is 0.284. The van der Waals surface area contributed by atoms with Crippen LogP contribution in [0.5, 0.6) is 11.5 Å². The van der Waals surface area contributed by atoms with Gasteiger partial charge in [0.2, 0.25) is 0 Å². The van der Waals surface area contributed by atoms with Gasteiger partial charge in [0.25, 0.3) is 0 Å². The summed E-state index contributed by atoms with van der Waals surface area (Å²) in [5.41, 5.74) is 3.56. The summed E-state index contributed by atoms with van der Waals surface area (Å²) >= 11 is 3.45. The van der Waals surface area contributed by atoms with Crippen molar-refractivity contribution in [2.24, 2.45) is 0 Å². The van der Waals surface area contributed by atoms with Gasteiger partial charge in [-0.25, -0.2) is 0 Å². The van der Waals surface area contributed by atoms with E-state index in [1.54, 1.807) is 7.11 Å². The van der Waals surface area contributed by atoms with E-state index in [1.165, 1.54) is 11.1 Å². The summed E-state index contributed by atoms with van der Waals surface area (Å²) in [7, 11) is 1.66. The van der Waals surface area contributed by atoms with E-state index in [0.717, 1.165) is 22.4 Å². The quantitative estimate of drug-likeness (QED) is 0.756. The fraction of sp³-hybridized carbons (Fsp3) is 0.250. The molecule has 0 N–H and O–H groups in total. The van der Waals surface area contributed by atoms with Crippen LogP contribution in [0, 0.1) is 6.92 Å². The van der Waals surface area contributed by atoms with Crippen molar-refractivity contribution in [3.8, 4) is 11.5 Å². The van der Waals surface area contributed by atoms with E-state index in [0.29, 0.717) is 6.61 Å². The van der Waals surface area contributed by atoms with Crippen LogP contribution in [0.3, 0.4) is 0 Å². The maximum Gasteiger partial charge on any atom is 0.161 e. The standard InChI is InChI=1S/C16H17BrO2/c1-12-4-3-5-14(8-12)11-19-16-9-13(10-17)6-7-15(16)18-2/h3-9H,10-11H2,1-2H3. The zero-order valence-electron chi connectivity index (χ0n) is 11.2. The van der Waals surface area contributed by atoms with Crippen LogP contribution < -0.4 is 9.47 Å². The molecule has 0 aliphatic carbocycles. The van der Waals surface area contributed by atoms with Crippen molar-refractivity contribution in [2.45, 2.75) is 18.9 Å². The van der Waals surface area contributed by atoms with Crippen LogP contribution in [-0.2, 0) is 11.9 Å². The first kappa shape index (κ1) is 13.9. The number of aryl methyl sites for hydroxylation is 1. The maximum absolute atomic E-state index is 5.87. The number of rotatable bonds is 5. The third-order valence-corrected chi connectivity index (χ3v) is 3.51. The zero-order valence-corrected chi connectivity index (χ0v) is 12.7. The van der Waals surface area contributed by atoms with Gasteiger partial charge in [-0.3, -0.25) is 0 Å². The van der Waals surface area contributed by atoms with E-state index in [9.17, 15) is 0 Å². The summed E-state index contributed by atoms with van der Waals surface area (Å²) in [6.07, 6.45) is 0. The summed E-state index contributed by atoms with van der Waals surface area (Å²) in [6, 6.07) is 14.3. The fourth-order valence-corrected chi connectivity index (χ4v) is 2.23. The SMILES string of the molecule is COc1ccc(CBr)cc1OCc1cccc(C)c1. The zero-order chi connectivity index (χ0) is 13.7. The predicted molar refractivity (Wildman–Crippen MR) is 81.1 cm³/mol. The molecule has 0 saturated carbocycles. The van der Waals surface area contributed by atoms with Crippen molar-refractivity contribution in [1.82, 2.24) is 0 Å². The van der Waals surface area contributed by atoms with Gasteiger partial charge in [0.05, 0.1) is 7.11 Å². The largest absolute Gasteiger partial charge is 0.493 e. The second kappa shape index (κ2) is 6.62. The van der Waals surface area contributed by atoms with Crippen molar-refractivity contribution >= 4 is 15.9 Å². The Labute approximate surface area is 122 Å². The highest BCUT2D eigenvalue weighted by Crippen LogP contribution is 2.29. The van der Waals surface area contributed by atoms with Gasteiger partial charge in [0.15, 0.2) is 11.5 Å². The van der Waals surface area contributed by atoms with Gasteiger partial charge >= 0.3 is 0 Å². The highest BCUT2D eigenvalue weighted by molar-refractivity contribution is 9.08. The van der Waals surface area contributed by atoms with E-state index < -0.39 is 0 Å². The van der Waals surface area contributed by atoms with Gasteiger partial charge in [-0.2, -0.15) is 0 Å². The molecule has 0 aromatic heterocycles. The Morgan fingerprint density at radius 3 is 2.53 bits per heavy atom. The molecule has 2 aromatic carbocycles. The molecule has 100 valence electrons. The number of benzene rings is 2. The molecule has 0 fully saturated rings. The van der Waals surface area contributed by atoms with Gasteiger partial charge in [-0.1, -0.05) is 51.8 Å². The van der Waals surface area contributed by atoms with Crippen LogP contribution in [0.2, 0.25) is 0 Å². The van der Waals surface area contributed by atoms with Crippen LogP contribution >= 0.6 is 15.9 Å². The lowest BCUT2D eigenvalue weighted by Crippen LogP contribution is -1.98. The average Bonchev–Trinajstić information content (AvgIpc) is 2.45. The molecule has 0 bridgehead atoms. The van der Waals surface area contributed by atoms with Crippen molar-refractivity contribution in [2.75, 3.05) is 7.11 Å². The molecular formula is C16H17BrO2. The summed E-state index contributed by atoms with van der Waals surface area (Å²) in [5.74, 6) is 1.54. The molecule has 0 heterocycles.